The average Bonchev–Trinajstić information content (AvgIpc) is 2.96. The maximum absolute atomic E-state index is 12.9. The van der Waals surface area contributed by atoms with E-state index >= 15 is 0 Å². The van der Waals surface area contributed by atoms with E-state index in [2.05, 4.69) is 5.32 Å². The smallest absolute Gasteiger partial charge is 0.410 e. The van der Waals surface area contributed by atoms with Gasteiger partial charge in [-0.3, -0.25) is 4.79 Å². The summed E-state index contributed by atoms with van der Waals surface area (Å²) >= 11 is 0. The summed E-state index contributed by atoms with van der Waals surface area (Å²) in [5, 5.41) is 2.67. The molecule has 3 aliphatic heterocycles. The Hall–Kier alpha value is -2.36. The number of nitrogens with one attached hydrogen (secondary N) is 1. The predicted octanol–water partition coefficient (Wildman–Crippen LogP) is 0.189. The summed E-state index contributed by atoms with van der Waals surface area (Å²) in [5.74, 6) is -2.83. The minimum atomic E-state index is -2.20. The number of carbonyl (C=O) groups excluding carboxylic acids is 4. The maximum Gasteiger partial charge on any atom is 0.410 e. The second-order valence-corrected chi connectivity index (χ2v) is 8.27. The molecular formula is C18H26N2O8. The van der Waals surface area contributed by atoms with Gasteiger partial charge in [0.15, 0.2) is 0 Å². The SMILES string of the molecule is COC(=O)C1(C(=O)OC)O[C@H]2NC(=O)C[C@@H]3CCN(C(=O)OC(C)(C)C)[C@@H]1[C@H]32. The predicted molar refractivity (Wildman–Crippen MR) is 92.7 cm³/mol. The summed E-state index contributed by atoms with van der Waals surface area (Å²) in [6.45, 7) is 5.38. The summed E-state index contributed by atoms with van der Waals surface area (Å²) in [7, 11) is 2.24. The molecule has 4 atom stereocenters. The van der Waals surface area contributed by atoms with Crippen molar-refractivity contribution in [1.82, 2.24) is 10.2 Å². The number of methoxy groups -OCH3 is 2. The molecule has 0 radical (unpaired) electrons. The van der Waals surface area contributed by atoms with Gasteiger partial charge < -0.3 is 29.2 Å². The number of carbonyl (C=O) groups is 4. The first-order chi connectivity index (χ1) is 13.0. The van der Waals surface area contributed by atoms with Crippen molar-refractivity contribution in [2.75, 3.05) is 20.8 Å². The molecule has 0 spiro atoms. The fourth-order valence-corrected chi connectivity index (χ4v) is 4.42. The van der Waals surface area contributed by atoms with Gasteiger partial charge in [-0.25, -0.2) is 14.4 Å². The number of amides is 2. The van der Waals surface area contributed by atoms with Crippen LogP contribution >= 0.6 is 0 Å². The molecule has 0 aromatic heterocycles. The van der Waals surface area contributed by atoms with Crippen LogP contribution in [0.2, 0.25) is 0 Å². The van der Waals surface area contributed by atoms with E-state index in [1.807, 2.05) is 0 Å². The van der Waals surface area contributed by atoms with Gasteiger partial charge in [-0.2, -0.15) is 0 Å². The first-order valence-corrected chi connectivity index (χ1v) is 9.18. The van der Waals surface area contributed by atoms with Gasteiger partial charge in [-0.1, -0.05) is 0 Å². The summed E-state index contributed by atoms with van der Waals surface area (Å²) in [5.41, 5.74) is -2.97. The lowest BCUT2D eigenvalue weighted by Gasteiger charge is -2.46. The molecule has 0 saturated carbocycles. The zero-order chi connectivity index (χ0) is 20.9. The zero-order valence-corrected chi connectivity index (χ0v) is 16.6. The molecular weight excluding hydrogens is 372 g/mol. The highest BCUT2D eigenvalue weighted by atomic mass is 16.6. The van der Waals surface area contributed by atoms with Crippen LogP contribution < -0.4 is 5.32 Å². The van der Waals surface area contributed by atoms with Gasteiger partial charge in [0.1, 0.15) is 11.8 Å². The highest BCUT2D eigenvalue weighted by molar-refractivity contribution is 6.05. The standard InChI is InChI=1S/C18H26N2O8/c1-17(2,3)28-16(24)20-7-6-9-8-10(21)19-13-11(9)12(20)18(27-13,14(22)25-4)15(23)26-5/h9,11-13H,6-8H2,1-5H3,(H,19,21)/t9-,11-,12+,13+/m0/s1. The van der Waals surface area contributed by atoms with E-state index < -0.39 is 47.4 Å². The second-order valence-electron chi connectivity index (χ2n) is 8.27. The molecule has 28 heavy (non-hydrogen) atoms. The number of hydrogen-bond acceptors (Lipinski definition) is 8. The fraction of sp³-hybridized carbons (Fsp3) is 0.778. The third kappa shape index (κ3) is 3.09. The Morgan fingerprint density at radius 3 is 2.32 bits per heavy atom. The largest absolute Gasteiger partial charge is 0.466 e. The summed E-state index contributed by atoms with van der Waals surface area (Å²) < 4.78 is 21.0. The van der Waals surface area contributed by atoms with Crippen LogP contribution in [0, 0.1) is 11.8 Å². The molecule has 10 nitrogen and oxygen atoms in total. The molecule has 3 aliphatic rings. The van der Waals surface area contributed by atoms with E-state index in [0.29, 0.717) is 6.42 Å². The minimum absolute atomic E-state index is 0.154. The molecule has 1 N–H and O–H groups in total. The van der Waals surface area contributed by atoms with E-state index in [9.17, 15) is 19.2 Å². The minimum Gasteiger partial charge on any atom is -0.466 e. The highest BCUT2D eigenvalue weighted by Crippen LogP contribution is 2.49. The Bertz CT molecular complexity index is 684. The molecule has 10 heteroatoms. The third-order valence-electron chi connectivity index (χ3n) is 5.42. The van der Waals surface area contributed by atoms with Crippen molar-refractivity contribution in [2.24, 2.45) is 11.8 Å². The molecule has 0 aromatic rings. The molecule has 0 unspecified atom stereocenters. The van der Waals surface area contributed by atoms with Crippen molar-refractivity contribution < 1.29 is 38.1 Å². The van der Waals surface area contributed by atoms with Crippen molar-refractivity contribution in [3.05, 3.63) is 0 Å². The lowest BCUT2D eigenvalue weighted by atomic mass is 9.71. The third-order valence-corrected chi connectivity index (χ3v) is 5.42. The Kier molecular flexibility index (Phi) is 5.03. The first-order valence-electron chi connectivity index (χ1n) is 9.18. The molecule has 0 aliphatic carbocycles. The summed E-state index contributed by atoms with van der Waals surface area (Å²) in [4.78, 5) is 51.9. The molecule has 3 saturated heterocycles. The van der Waals surface area contributed by atoms with Gasteiger partial charge in [0, 0.05) is 18.9 Å². The molecule has 2 amide bonds. The number of piperidine rings is 2. The van der Waals surface area contributed by atoms with E-state index in [-0.39, 0.29) is 24.8 Å². The number of likely N-dealkylation sites (tertiary alicyclic amines) is 1. The van der Waals surface area contributed by atoms with Gasteiger partial charge in [0.2, 0.25) is 5.91 Å². The van der Waals surface area contributed by atoms with E-state index in [1.165, 1.54) is 4.90 Å². The van der Waals surface area contributed by atoms with Crippen molar-refractivity contribution in [1.29, 1.82) is 0 Å². The number of nitrogens with zero attached hydrogens (tertiary/aromatic N) is 1. The quantitative estimate of drug-likeness (QED) is 0.398. The Morgan fingerprint density at radius 2 is 1.79 bits per heavy atom. The summed E-state index contributed by atoms with van der Waals surface area (Å²) in [6, 6.07) is -1.02. The summed E-state index contributed by atoms with van der Waals surface area (Å²) in [6.07, 6.45) is -0.845. The van der Waals surface area contributed by atoms with Gasteiger partial charge in [0.05, 0.1) is 20.3 Å². The van der Waals surface area contributed by atoms with E-state index in [4.69, 9.17) is 18.9 Å². The van der Waals surface area contributed by atoms with Gasteiger partial charge in [-0.05, 0) is 33.1 Å². The van der Waals surface area contributed by atoms with Crippen LogP contribution in [0.15, 0.2) is 0 Å². The number of hydrogen-bond donors (Lipinski definition) is 1. The Labute approximate surface area is 162 Å². The molecule has 3 rings (SSSR count). The maximum atomic E-state index is 12.9. The van der Waals surface area contributed by atoms with Crippen LogP contribution in [0.5, 0.6) is 0 Å². The number of ether oxygens (including phenoxy) is 4. The molecule has 156 valence electrons. The van der Waals surface area contributed by atoms with Gasteiger partial charge >= 0.3 is 18.0 Å². The average molecular weight is 398 g/mol. The Morgan fingerprint density at radius 1 is 1.18 bits per heavy atom. The number of rotatable bonds is 2. The van der Waals surface area contributed by atoms with Crippen LogP contribution in [0.25, 0.3) is 0 Å². The molecule has 0 aromatic carbocycles. The van der Waals surface area contributed by atoms with Crippen LogP contribution in [0.1, 0.15) is 33.6 Å². The molecule has 3 fully saturated rings. The first kappa shape index (κ1) is 20.4. The lowest BCUT2D eigenvalue weighted by Crippen LogP contribution is -2.66. The van der Waals surface area contributed by atoms with Crippen LogP contribution in [0.4, 0.5) is 4.79 Å². The van der Waals surface area contributed by atoms with Crippen molar-refractivity contribution >= 4 is 23.9 Å². The van der Waals surface area contributed by atoms with Crippen LogP contribution in [-0.2, 0) is 33.3 Å². The van der Waals surface area contributed by atoms with Crippen molar-refractivity contribution in [2.45, 2.75) is 57.1 Å². The molecule has 3 heterocycles. The lowest BCUT2D eigenvalue weighted by molar-refractivity contribution is -0.192. The Balaban J connectivity index is 2.09. The van der Waals surface area contributed by atoms with Crippen LogP contribution in [-0.4, -0.2) is 73.1 Å². The van der Waals surface area contributed by atoms with Gasteiger partial charge in [-0.15, -0.1) is 0 Å². The highest BCUT2D eigenvalue weighted by Gasteiger charge is 2.72. The van der Waals surface area contributed by atoms with E-state index in [1.54, 1.807) is 20.8 Å². The number of esters is 2. The van der Waals surface area contributed by atoms with Crippen molar-refractivity contribution in [3.63, 3.8) is 0 Å². The topological polar surface area (TPSA) is 120 Å². The zero-order valence-electron chi connectivity index (χ0n) is 16.6. The van der Waals surface area contributed by atoms with E-state index in [0.717, 1.165) is 14.2 Å². The van der Waals surface area contributed by atoms with Crippen LogP contribution in [0.3, 0.4) is 0 Å². The monoisotopic (exact) mass is 398 g/mol. The van der Waals surface area contributed by atoms with Gasteiger partial charge in [0.25, 0.3) is 5.60 Å². The normalized spacial score (nSPS) is 30.8. The molecule has 0 bridgehead atoms. The second kappa shape index (κ2) is 6.91. The fourth-order valence-electron chi connectivity index (χ4n) is 4.42. The van der Waals surface area contributed by atoms with Crippen molar-refractivity contribution in [3.8, 4) is 0 Å².